The van der Waals surface area contributed by atoms with E-state index in [1.165, 1.54) is 19.2 Å². The summed E-state index contributed by atoms with van der Waals surface area (Å²) in [5.74, 6) is -0.353. The molecule has 1 aromatic carbocycles. The second-order valence-electron chi connectivity index (χ2n) is 6.52. The predicted molar refractivity (Wildman–Crippen MR) is 88.8 cm³/mol. The first-order valence-corrected chi connectivity index (χ1v) is 8.61. The zero-order valence-electron chi connectivity index (χ0n) is 14.1. The number of hydrogen-bond acceptors (Lipinski definition) is 4. The van der Waals surface area contributed by atoms with Crippen LogP contribution in [0, 0.1) is 11.7 Å². The standard InChI is InChI=1S/C18H25FN2O3/c1-23-17-15(3-2-4-16(17)19)18(22)20-11-13-5-8-21(12-13)14-6-9-24-10-7-14/h2-4,13-14H,5-12H2,1H3,(H,20,22)/t13-/m0/s1. The van der Waals surface area contributed by atoms with Crippen LogP contribution in [0.5, 0.6) is 5.75 Å². The van der Waals surface area contributed by atoms with E-state index in [4.69, 9.17) is 9.47 Å². The number of carbonyl (C=O) groups is 1. The molecule has 0 radical (unpaired) electrons. The SMILES string of the molecule is COc1c(F)cccc1C(=O)NC[C@@H]1CCN(C2CCOCC2)C1. The first kappa shape index (κ1) is 17.2. The lowest BCUT2D eigenvalue weighted by molar-refractivity contribution is 0.0411. The van der Waals surface area contributed by atoms with Gasteiger partial charge in [-0.3, -0.25) is 9.69 Å². The molecule has 3 rings (SSSR count). The molecule has 0 unspecified atom stereocenters. The third-order valence-corrected chi connectivity index (χ3v) is 4.99. The summed E-state index contributed by atoms with van der Waals surface area (Å²) >= 11 is 0. The molecule has 2 heterocycles. The summed E-state index contributed by atoms with van der Waals surface area (Å²) in [6.07, 6.45) is 3.27. The minimum atomic E-state index is -0.517. The van der Waals surface area contributed by atoms with Crippen LogP contribution in [0.15, 0.2) is 18.2 Å². The summed E-state index contributed by atoms with van der Waals surface area (Å²) in [6, 6.07) is 5.01. The van der Waals surface area contributed by atoms with Crippen molar-refractivity contribution in [3.05, 3.63) is 29.6 Å². The van der Waals surface area contributed by atoms with Crippen molar-refractivity contribution < 1.29 is 18.7 Å². The number of methoxy groups -OCH3 is 1. The lowest BCUT2D eigenvalue weighted by Crippen LogP contribution is -2.39. The minimum absolute atomic E-state index is 0.00486. The van der Waals surface area contributed by atoms with Crippen molar-refractivity contribution in [2.24, 2.45) is 5.92 Å². The van der Waals surface area contributed by atoms with Crippen molar-refractivity contribution in [1.29, 1.82) is 0 Å². The van der Waals surface area contributed by atoms with E-state index < -0.39 is 5.82 Å². The molecule has 1 amide bonds. The largest absolute Gasteiger partial charge is 0.493 e. The van der Waals surface area contributed by atoms with E-state index in [9.17, 15) is 9.18 Å². The van der Waals surface area contributed by atoms with E-state index in [0.717, 1.165) is 45.6 Å². The molecule has 5 nitrogen and oxygen atoms in total. The highest BCUT2D eigenvalue weighted by Gasteiger charge is 2.29. The molecule has 6 heteroatoms. The Morgan fingerprint density at radius 1 is 1.38 bits per heavy atom. The molecule has 0 saturated carbocycles. The average molecular weight is 336 g/mol. The fourth-order valence-electron chi connectivity index (χ4n) is 3.64. The molecule has 132 valence electrons. The van der Waals surface area contributed by atoms with Gasteiger partial charge in [0.1, 0.15) is 0 Å². The number of nitrogens with one attached hydrogen (secondary N) is 1. The first-order chi connectivity index (χ1) is 11.7. The van der Waals surface area contributed by atoms with E-state index in [2.05, 4.69) is 10.2 Å². The molecule has 2 aliphatic heterocycles. The van der Waals surface area contributed by atoms with Gasteiger partial charge in [0.05, 0.1) is 12.7 Å². The van der Waals surface area contributed by atoms with Gasteiger partial charge in [0, 0.05) is 32.3 Å². The maximum absolute atomic E-state index is 13.7. The smallest absolute Gasteiger partial charge is 0.255 e. The molecule has 2 saturated heterocycles. The van der Waals surface area contributed by atoms with E-state index in [-0.39, 0.29) is 17.2 Å². The molecule has 1 N–H and O–H groups in total. The fraction of sp³-hybridized carbons (Fsp3) is 0.611. The van der Waals surface area contributed by atoms with Crippen molar-refractivity contribution in [2.75, 3.05) is 40.0 Å². The minimum Gasteiger partial charge on any atom is -0.493 e. The summed E-state index contributed by atoms with van der Waals surface area (Å²) in [7, 11) is 1.37. The maximum atomic E-state index is 13.7. The third kappa shape index (κ3) is 3.87. The third-order valence-electron chi connectivity index (χ3n) is 4.99. The molecule has 2 fully saturated rings. The lowest BCUT2D eigenvalue weighted by atomic mass is 10.1. The lowest BCUT2D eigenvalue weighted by Gasteiger charge is -2.31. The molecule has 1 aromatic rings. The van der Waals surface area contributed by atoms with Gasteiger partial charge in [-0.15, -0.1) is 0 Å². The summed E-state index contributed by atoms with van der Waals surface area (Å²) in [4.78, 5) is 14.8. The molecular weight excluding hydrogens is 311 g/mol. The number of ether oxygens (including phenoxy) is 2. The van der Waals surface area contributed by atoms with Crippen molar-refractivity contribution in [2.45, 2.75) is 25.3 Å². The Hall–Kier alpha value is -1.66. The molecule has 1 atom stereocenters. The summed E-state index contributed by atoms with van der Waals surface area (Å²) in [5.41, 5.74) is 0.247. The molecule has 0 aromatic heterocycles. The van der Waals surface area contributed by atoms with Crippen LogP contribution in [0.2, 0.25) is 0 Å². The van der Waals surface area contributed by atoms with Gasteiger partial charge in [-0.2, -0.15) is 0 Å². The Morgan fingerprint density at radius 3 is 2.92 bits per heavy atom. The number of rotatable bonds is 5. The van der Waals surface area contributed by atoms with Gasteiger partial charge in [0.2, 0.25) is 0 Å². The molecule has 0 aliphatic carbocycles. The van der Waals surface area contributed by atoms with E-state index >= 15 is 0 Å². The Kier molecular flexibility index (Phi) is 5.68. The van der Waals surface area contributed by atoms with Crippen LogP contribution in [-0.4, -0.2) is 56.8 Å². The van der Waals surface area contributed by atoms with Crippen LogP contribution in [-0.2, 0) is 4.74 Å². The maximum Gasteiger partial charge on any atom is 0.255 e. The Morgan fingerprint density at radius 2 is 2.17 bits per heavy atom. The number of para-hydroxylation sites is 1. The van der Waals surface area contributed by atoms with Crippen LogP contribution >= 0.6 is 0 Å². The Labute approximate surface area is 142 Å². The second kappa shape index (κ2) is 7.94. The molecule has 0 bridgehead atoms. The van der Waals surface area contributed by atoms with Crippen LogP contribution < -0.4 is 10.1 Å². The molecule has 0 spiro atoms. The van der Waals surface area contributed by atoms with Gasteiger partial charge in [0.15, 0.2) is 11.6 Å². The zero-order valence-corrected chi connectivity index (χ0v) is 14.1. The van der Waals surface area contributed by atoms with E-state index in [0.29, 0.717) is 18.5 Å². The van der Waals surface area contributed by atoms with Crippen LogP contribution in [0.3, 0.4) is 0 Å². The molecular formula is C18H25FN2O3. The quantitative estimate of drug-likeness (QED) is 0.894. The predicted octanol–water partition coefficient (Wildman–Crippen LogP) is 2.07. The van der Waals surface area contributed by atoms with Gasteiger partial charge in [0.25, 0.3) is 5.91 Å². The molecule has 2 aliphatic rings. The van der Waals surface area contributed by atoms with Gasteiger partial charge in [-0.1, -0.05) is 6.07 Å². The number of carbonyl (C=O) groups excluding carboxylic acids is 1. The number of nitrogens with zero attached hydrogens (tertiary/aromatic N) is 1. The van der Waals surface area contributed by atoms with Crippen molar-refractivity contribution in [1.82, 2.24) is 10.2 Å². The number of hydrogen-bond donors (Lipinski definition) is 1. The summed E-state index contributed by atoms with van der Waals surface area (Å²) in [6.45, 7) is 4.39. The van der Waals surface area contributed by atoms with Gasteiger partial charge >= 0.3 is 0 Å². The summed E-state index contributed by atoms with van der Waals surface area (Å²) < 4.78 is 24.1. The van der Waals surface area contributed by atoms with E-state index in [1.807, 2.05) is 0 Å². The van der Waals surface area contributed by atoms with E-state index in [1.54, 1.807) is 6.07 Å². The van der Waals surface area contributed by atoms with Crippen molar-refractivity contribution in [3.63, 3.8) is 0 Å². The first-order valence-electron chi connectivity index (χ1n) is 8.61. The van der Waals surface area contributed by atoms with Gasteiger partial charge in [-0.25, -0.2) is 4.39 Å². The highest BCUT2D eigenvalue weighted by molar-refractivity contribution is 5.96. The highest BCUT2D eigenvalue weighted by atomic mass is 19.1. The number of halogens is 1. The van der Waals surface area contributed by atoms with Gasteiger partial charge < -0.3 is 14.8 Å². The summed E-state index contributed by atoms with van der Waals surface area (Å²) in [5, 5.41) is 2.93. The fourth-order valence-corrected chi connectivity index (χ4v) is 3.64. The van der Waals surface area contributed by atoms with Crippen LogP contribution in [0.1, 0.15) is 29.6 Å². The highest BCUT2D eigenvalue weighted by Crippen LogP contribution is 2.24. The Bertz CT molecular complexity index is 575. The second-order valence-corrected chi connectivity index (χ2v) is 6.52. The van der Waals surface area contributed by atoms with Crippen LogP contribution in [0.4, 0.5) is 4.39 Å². The number of amides is 1. The van der Waals surface area contributed by atoms with Crippen molar-refractivity contribution in [3.8, 4) is 5.75 Å². The topological polar surface area (TPSA) is 50.8 Å². The monoisotopic (exact) mass is 336 g/mol. The number of likely N-dealkylation sites (tertiary alicyclic amines) is 1. The average Bonchev–Trinajstić information content (AvgIpc) is 3.09. The zero-order chi connectivity index (χ0) is 16.9. The number of benzene rings is 1. The molecule has 24 heavy (non-hydrogen) atoms. The Balaban J connectivity index is 1.51. The van der Waals surface area contributed by atoms with Crippen LogP contribution in [0.25, 0.3) is 0 Å². The normalized spacial score (nSPS) is 22.5. The van der Waals surface area contributed by atoms with Gasteiger partial charge in [-0.05, 0) is 43.9 Å². The van der Waals surface area contributed by atoms with Crippen molar-refractivity contribution >= 4 is 5.91 Å².